The summed E-state index contributed by atoms with van der Waals surface area (Å²) >= 11 is 0. The molecule has 2 nitrogen and oxygen atoms in total. The van der Waals surface area contributed by atoms with E-state index in [-0.39, 0.29) is 5.92 Å². The predicted molar refractivity (Wildman–Crippen MR) is 72.4 cm³/mol. The van der Waals surface area contributed by atoms with Crippen LogP contribution in [0.3, 0.4) is 0 Å². The van der Waals surface area contributed by atoms with E-state index in [1.807, 2.05) is 25.1 Å². The lowest BCUT2D eigenvalue weighted by Gasteiger charge is -2.38. The molecule has 3 rings (SSSR count). The van der Waals surface area contributed by atoms with E-state index in [4.69, 9.17) is 4.74 Å². The molecule has 2 unspecified atom stereocenters. The van der Waals surface area contributed by atoms with Crippen LogP contribution >= 0.6 is 0 Å². The third-order valence-electron chi connectivity index (χ3n) is 4.06. The summed E-state index contributed by atoms with van der Waals surface area (Å²) in [5, 5.41) is 13.3. The Morgan fingerprint density at radius 3 is 2.72 bits per heavy atom. The maximum Gasteiger partial charge on any atom is 0.0966 e. The van der Waals surface area contributed by atoms with Crippen molar-refractivity contribution >= 4 is 10.8 Å². The van der Waals surface area contributed by atoms with Crippen molar-refractivity contribution in [2.24, 2.45) is 5.92 Å². The van der Waals surface area contributed by atoms with Gasteiger partial charge in [-0.2, -0.15) is 0 Å². The van der Waals surface area contributed by atoms with Gasteiger partial charge in [0.1, 0.15) is 0 Å². The first-order valence-electron chi connectivity index (χ1n) is 6.49. The van der Waals surface area contributed by atoms with Crippen LogP contribution in [0.25, 0.3) is 10.8 Å². The Bertz CT molecular complexity index is 564. The third kappa shape index (κ3) is 1.82. The van der Waals surface area contributed by atoms with Gasteiger partial charge in [-0.15, -0.1) is 0 Å². The lowest BCUT2D eigenvalue weighted by Crippen LogP contribution is -2.41. The molecule has 0 aromatic heterocycles. The SMILES string of the molecule is CC1COCCC1(O)c1ccc2ccccc2c1. The van der Waals surface area contributed by atoms with Crippen molar-refractivity contribution in [1.29, 1.82) is 0 Å². The molecule has 1 fully saturated rings. The van der Waals surface area contributed by atoms with Gasteiger partial charge >= 0.3 is 0 Å². The highest BCUT2D eigenvalue weighted by molar-refractivity contribution is 5.83. The van der Waals surface area contributed by atoms with Gasteiger partial charge < -0.3 is 9.84 Å². The number of benzene rings is 2. The van der Waals surface area contributed by atoms with Crippen LogP contribution in [-0.4, -0.2) is 18.3 Å². The Morgan fingerprint density at radius 2 is 1.94 bits per heavy atom. The van der Waals surface area contributed by atoms with E-state index < -0.39 is 5.60 Å². The van der Waals surface area contributed by atoms with Crippen molar-refractivity contribution in [1.82, 2.24) is 0 Å². The maximum atomic E-state index is 10.9. The highest BCUT2D eigenvalue weighted by Gasteiger charge is 2.38. The van der Waals surface area contributed by atoms with Gasteiger partial charge in [0, 0.05) is 18.9 Å². The van der Waals surface area contributed by atoms with Crippen LogP contribution in [-0.2, 0) is 10.3 Å². The molecule has 18 heavy (non-hydrogen) atoms. The van der Waals surface area contributed by atoms with E-state index in [0.717, 1.165) is 5.56 Å². The standard InChI is InChI=1S/C16H18O2/c1-12-11-18-9-8-16(12,17)15-7-6-13-4-2-3-5-14(13)10-15/h2-7,10,12,17H,8-9,11H2,1H3. The molecule has 0 aliphatic carbocycles. The van der Waals surface area contributed by atoms with Crippen molar-refractivity contribution in [2.75, 3.05) is 13.2 Å². The second kappa shape index (κ2) is 4.38. The monoisotopic (exact) mass is 242 g/mol. The average Bonchev–Trinajstić information content (AvgIpc) is 2.42. The Hall–Kier alpha value is -1.38. The lowest BCUT2D eigenvalue weighted by atomic mass is 9.78. The van der Waals surface area contributed by atoms with Crippen LogP contribution in [0.15, 0.2) is 42.5 Å². The van der Waals surface area contributed by atoms with E-state index in [2.05, 4.69) is 24.3 Å². The smallest absolute Gasteiger partial charge is 0.0966 e. The summed E-state index contributed by atoms with van der Waals surface area (Å²) in [6, 6.07) is 14.5. The Balaban J connectivity index is 2.07. The van der Waals surface area contributed by atoms with Gasteiger partial charge in [0.05, 0.1) is 12.2 Å². The molecule has 0 radical (unpaired) electrons. The molecule has 1 aliphatic rings. The average molecular weight is 242 g/mol. The van der Waals surface area contributed by atoms with Gasteiger partial charge in [-0.1, -0.05) is 43.3 Å². The zero-order chi connectivity index (χ0) is 12.6. The van der Waals surface area contributed by atoms with Crippen molar-refractivity contribution in [3.8, 4) is 0 Å². The topological polar surface area (TPSA) is 29.5 Å². The van der Waals surface area contributed by atoms with Crippen molar-refractivity contribution in [3.05, 3.63) is 48.0 Å². The highest BCUT2D eigenvalue weighted by atomic mass is 16.5. The van der Waals surface area contributed by atoms with Gasteiger partial charge in [0.2, 0.25) is 0 Å². The summed E-state index contributed by atoms with van der Waals surface area (Å²) in [6.45, 7) is 3.31. The minimum absolute atomic E-state index is 0.132. The maximum absolute atomic E-state index is 10.9. The van der Waals surface area contributed by atoms with Gasteiger partial charge in [0.15, 0.2) is 0 Å². The Morgan fingerprint density at radius 1 is 1.17 bits per heavy atom. The molecule has 0 spiro atoms. The quantitative estimate of drug-likeness (QED) is 0.832. The second-order valence-electron chi connectivity index (χ2n) is 5.21. The summed E-state index contributed by atoms with van der Waals surface area (Å²) in [4.78, 5) is 0. The third-order valence-corrected chi connectivity index (χ3v) is 4.06. The van der Waals surface area contributed by atoms with E-state index >= 15 is 0 Å². The largest absolute Gasteiger partial charge is 0.385 e. The van der Waals surface area contributed by atoms with Crippen LogP contribution in [0.2, 0.25) is 0 Å². The fourth-order valence-electron chi connectivity index (χ4n) is 2.76. The fraction of sp³-hybridized carbons (Fsp3) is 0.375. The van der Waals surface area contributed by atoms with E-state index in [1.165, 1.54) is 10.8 Å². The molecule has 0 bridgehead atoms. The number of hydrogen-bond acceptors (Lipinski definition) is 2. The summed E-state index contributed by atoms with van der Waals surface area (Å²) in [5.41, 5.74) is 0.263. The minimum Gasteiger partial charge on any atom is -0.385 e. The van der Waals surface area contributed by atoms with Crippen molar-refractivity contribution < 1.29 is 9.84 Å². The molecular weight excluding hydrogens is 224 g/mol. The molecule has 0 saturated carbocycles. The summed E-state index contributed by atoms with van der Waals surface area (Å²) in [6.07, 6.45) is 0.673. The zero-order valence-corrected chi connectivity index (χ0v) is 10.6. The first-order chi connectivity index (χ1) is 8.70. The van der Waals surface area contributed by atoms with Gasteiger partial charge in [-0.05, 0) is 22.4 Å². The molecule has 0 amide bonds. The van der Waals surface area contributed by atoms with Crippen LogP contribution in [0, 0.1) is 5.92 Å². The number of hydrogen-bond donors (Lipinski definition) is 1. The molecule has 2 atom stereocenters. The molecule has 1 N–H and O–H groups in total. The van der Waals surface area contributed by atoms with Crippen LogP contribution < -0.4 is 0 Å². The van der Waals surface area contributed by atoms with Crippen LogP contribution in [0.4, 0.5) is 0 Å². The highest BCUT2D eigenvalue weighted by Crippen LogP contribution is 2.37. The van der Waals surface area contributed by atoms with E-state index in [0.29, 0.717) is 19.6 Å². The van der Waals surface area contributed by atoms with Crippen LogP contribution in [0.5, 0.6) is 0 Å². The van der Waals surface area contributed by atoms with E-state index in [9.17, 15) is 5.11 Å². The molecule has 2 heteroatoms. The first kappa shape index (κ1) is 11.7. The van der Waals surface area contributed by atoms with Gasteiger partial charge in [-0.25, -0.2) is 0 Å². The molecule has 94 valence electrons. The molecule has 1 heterocycles. The zero-order valence-electron chi connectivity index (χ0n) is 10.6. The molecule has 1 saturated heterocycles. The molecule has 2 aromatic carbocycles. The van der Waals surface area contributed by atoms with E-state index in [1.54, 1.807) is 0 Å². The Labute approximate surface area is 107 Å². The fourth-order valence-corrected chi connectivity index (χ4v) is 2.76. The van der Waals surface area contributed by atoms with Crippen LogP contribution in [0.1, 0.15) is 18.9 Å². The van der Waals surface area contributed by atoms with Gasteiger partial charge in [0.25, 0.3) is 0 Å². The molecule has 1 aliphatic heterocycles. The summed E-state index contributed by atoms with van der Waals surface area (Å²) < 4.78 is 5.43. The van der Waals surface area contributed by atoms with Gasteiger partial charge in [-0.3, -0.25) is 0 Å². The summed E-state index contributed by atoms with van der Waals surface area (Å²) in [7, 11) is 0. The normalized spacial score (nSPS) is 28.4. The predicted octanol–water partition coefficient (Wildman–Crippen LogP) is 3.08. The lowest BCUT2D eigenvalue weighted by molar-refractivity contribution is -0.111. The van der Waals surface area contributed by atoms with Crippen molar-refractivity contribution in [2.45, 2.75) is 18.9 Å². The first-order valence-corrected chi connectivity index (χ1v) is 6.49. The Kier molecular flexibility index (Phi) is 2.84. The second-order valence-corrected chi connectivity index (χ2v) is 5.21. The number of ether oxygens (including phenoxy) is 1. The number of fused-ring (bicyclic) bond motifs is 1. The number of aliphatic hydroxyl groups is 1. The molecule has 2 aromatic rings. The minimum atomic E-state index is -0.748. The molecular formula is C16H18O2. The summed E-state index contributed by atoms with van der Waals surface area (Å²) in [5.74, 6) is 0.132. The number of rotatable bonds is 1. The van der Waals surface area contributed by atoms with Crippen molar-refractivity contribution in [3.63, 3.8) is 0 Å².